The molecule has 0 amide bonds. The van der Waals surface area contributed by atoms with Crippen molar-refractivity contribution in [2.24, 2.45) is 0 Å². The minimum absolute atomic E-state index is 0.566. The molecule has 1 aliphatic heterocycles. The first-order chi connectivity index (χ1) is 4.93. The quantitative estimate of drug-likeness (QED) is 0.320. The SMILES string of the molecule is O=CCCCCCC1CO1. The predicted octanol–water partition coefficient (Wildman–Crippen LogP) is 1.53. The summed E-state index contributed by atoms with van der Waals surface area (Å²) in [7, 11) is 0. The topological polar surface area (TPSA) is 29.6 Å². The van der Waals surface area contributed by atoms with Crippen molar-refractivity contribution in [1.82, 2.24) is 0 Å². The third-order valence-electron chi connectivity index (χ3n) is 1.75. The number of unbranched alkanes of at least 4 members (excludes halogenated alkanes) is 3. The molecule has 0 spiro atoms. The van der Waals surface area contributed by atoms with E-state index in [-0.39, 0.29) is 0 Å². The van der Waals surface area contributed by atoms with E-state index in [0.29, 0.717) is 6.10 Å². The van der Waals surface area contributed by atoms with Crippen LogP contribution in [0.1, 0.15) is 32.1 Å². The molecule has 0 bridgehead atoms. The molecule has 0 saturated carbocycles. The Morgan fingerprint density at radius 1 is 1.40 bits per heavy atom. The molecular formula is C8H14O2. The maximum Gasteiger partial charge on any atom is 0.119 e. The molecule has 58 valence electrons. The molecule has 0 N–H and O–H groups in total. The van der Waals surface area contributed by atoms with Gasteiger partial charge in [-0.15, -0.1) is 0 Å². The average Bonchev–Trinajstić information content (AvgIpc) is 2.71. The van der Waals surface area contributed by atoms with Gasteiger partial charge in [-0.3, -0.25) is 0 Å². The van der Waals surface area contributed by atoms with Crippen molar-refractivity contribution < 1.29 is 9.53 Å². The highest BCUT2D eigenvalue weighted by Crippen LogP contribution is 2.17. The molecule has 0 aliphatic carbocycles. The molecule has 1 heterocycles. The van der Waals surface area contributed by atoms with Crippen molar-refractivity contribution in [3.05, 3.63) is 0 Å². The zero-order valence-corrected chi connectivity index (χ0v) is 6.21. The van der Waals surface area contributed by atoms with E-state index in [9.17, 15) is 4.79 Å². The summed E-state index contributed by atoms with van der Waals surface area (Å²) in [6.07, 6.45) is 6.93. The van der Waals surface area contributed by atoms with Gasteiger partial charge in [0, 0.05) is 6.42 Å². The molecule has 1 saturated heterocycles. The van der Waals surface area contributed by atoms with Crippen LogP contribution in [0.5, 0.6) is 0 Å². The van der Waals surface area contributed by atoms with Gasteiger partial charge in [-0.2, -0.15) is 0 Å². The smallest absolute Gasteiger partial charge is 0.119 e. The van der Waals surface area contributed by atoms with Crippen LogP contribution >= 0.6 is 0 Å². The van der Waals surface area contributed by atoms with Gasteiger partial charge in [0.25, 0.3) is 0 Å². The molecule has 0 radical (unpaired) electrons. The first-order valence-corrected chi connectivity index (χ1v) is 3.98. The third-order valence-corrected chi connectivity index (χ3v) is 1.75. The van der Waals surface area contributed by atoms with Crippen LogP contribution in [-0.4, -0.2) is 19.0 Å². The normalized spacial score (nSPS) is 22.6. The summed E-state index contributed by atoms with van der Waals surface area (Å²) >= 11 is 0. The van der Waals surface area contributed by atoms with Crippen molar-refractivity contribution in [3.63, 3.8) is 0 Å². The highest BCUT2D eigenvalue weighted by Gasteiger charge is 2.20. The van der Waals surface area contributed by atoms with Crippen molar-refractivity contribution >= 4 is 6.29 Å². The lowest BCUT2D eigenvalue weighted by atomic mass is 10.1. The number of hydrogen-bond acceptors (Lipinski definition) is 2. The second-order valence-electron chi connectivity index (χ2n) is 2.76. The zero-order chi connectivity index (χ0) is 7.23. The van der Waals surface area contributed by atoms with Crippen LogP contribution in [0.4, 0.5) is 0 Å². The summed E-state index contributed by atoms with van der Waals surface area (Å²) in [5.74, 6) is 0. The Morgan fingerprint density at radius 2 is 2.20 bits per heavy atom. The van der Waals surface area contributed by atoms with Crippen LogP contribution in [-0.2, 0) is 9.53 Å². The van der Waals surface area contributed by atoms with E-state index in [2.05, 4.69) is 0 Å². The molecule has 0 aromatic heterocycles. The van der Waals surface area contributed by atoms with Gasteiger partial charge < -0.3 is 9.53 Å². The Bertz CT molecular complexity index is 97.4. The zero-order valence-electron chi connectivity index (χ0n) is 6.21. The number of carbonyl (C=O) groups is 1. The van der Waals surface area contributed by atoms with Crippen molar-refractivity contribution in [2.45, 2.75) is 38.2 Å². The molecule has 1 unspecified atom stereocenters. The number of carbonyl (C=O) groups excluding carboxylic acids is 1. The van der Waals surface area contributed by atoms with Gasteiger partial charge in [0.15, 0.2) is 0 Å². The highest BCUT2D eigenvalue weighted by molar-refractivity contribution is 5.48. The van der Waals surface area contributed by atoms with Crippen LogP contribution in [0.3, 0.4) is 0 Å². The van der Waals surface area contributed by atoms with Gasteiger partial charge in [-0.05, 0) is 12.8 Å². The van der Waals surface area contributed by atoms with Crippen molar-refractivity contribution in [3.8, 4) is 0 Å². The molecule has 2 heteroatoms. The number of aldehydes is 1. The van der Waals surface area contributed by atoms with E-state index < -0.39 is 0 Å². The summed E-state index contributed by atoms with van der Waals surface area (Å²) in [5.41, 5.74) is 0. The van der Waals surface area contributed by atoms with Gasteiger partial charge in [0.05, 0.1) is 12.7 Å². The molecule has 0 aromatic carbocycles. The van der Waals surface area contributed by atoms with Crippen LogP contribution in [0.25, 0.3) is 0 Å². The molecule has 1 rings (SSSR count). The van der Waals surface area contributed by atoms with E-state index in [1.54, 1.807) is 0 Å². The van der Waals surface area contributed by atoms with E-state index in [1.165, 1.54) is 19.3 Å². The Labute approximate surface area is 61.6 Å². The van der Waals surface area contributed by atoms with Crippen LogP contribution in [0.2, 0.25) is 0 Å². The molecule has 1 aliphatic rings. The maximum absolute atomic E-state index is 9.89. The fourth-order valence-electron chi connectivity index (χ4n) is 1.01. The minimum atomic E-state index is 0.566. The van der Waals surface area contributed by atoms with E-state index in [1.807, 2.05) is 0 Å². The van der Waals surface area contributed by atoms with E-state index in [4.69, 9.17) is 4.74 Å². The molecular weight excluding hydrogens is 128 g/mol. The van der Waals surface area contributed by atoms with Crippen LogP contribution in [0, 0.1) is 0 Å². The predicted molar refractivity (Wildman–Crippen MR) is 38.9 cm³/mol. The third kappa shape index (κ3) is 3.62. The van der Waals surface area contributed by atoms with Crippen LogP contribution in [0.15, 0.2) is 0 Å². The number of ether oxygens (including phenoxy) is 1. The molecule has 1 atom stereocenters. The second kappa shape index (κ2) is 4.45. The number of epoxide rings is 1. The largest absolute Gasteiger partial charge is 0.373 e. The van der Waals surface area contributed by atoms with Gasteiger partial charge in [0.1, 0.15) is 6.29 Å². The Kier molecular flexibility index (Phi) is 3.44. The Hall–Kier alpha value is -0.370. The second-order valence-corrected chi connectivity index (χ2v) is 2.76. The number of rotatable bonds is 6. The molecule has 1 fully saturated rings. The summed E-state index contributed by atoms with van der Waals surface area (Å²) in [6, 6.07) is 0. The van der Waals surface area contributed by atoms with Crippen molar-refractivity contribution in [1.29, 1.82) is 0 Å². The monoisotopic (exact) mass is 142 g/mol. The fraction of sp³-hybridized carbons (Fsp3) is 0.875. The minimum Gasteiger partial charge on any atom is -0.373 e. The van der Waals surface area contributed by atoms with E-state index in [0.717, 1.165) is 25.7 Å². The lowest BCUT2D eigenvalue weighted by molar-refractivity contribution is -0.107. The van der Waals surface area contributed by atoms with Crippen molar-refractivity contribution in [2.75, 3.05) is 6.61 Å². The lowest BCUT2D eigenvalue weighted by Gasteiger charge is -1.93. The van der Waals surface area contributed by atoms with Gasteiger partial charge >= 0.3 is 0 Å². The Morgan fingerprint density at radius 3 is 2.80 bits per heavy atom. The first-order valence-electron chi connectivity index (χ1n) is 3.98. The average molecular weight is 142 g/mol. The van der Waals surface area contributed by atoms with Gasteiger partial charge in [-0.25, -0.2) is 0 Å². The Balaban J connectivity index is 1.72. The molecule has 10 heavy (non-hydrogen) atoms. The number of hydrogen-bond donors (Lipinski definition) is 0. The summed E-state index contributed by atoms with van der Waals surface area (Å²) in [4.78, 5) is 9.89. The van der Waals surface area contributed by atoms with Crippen LogP contribution < -0.4 is 0 Å². The summed E-state index contributed by atoms with van der Waals surface area (Å²) < 4.78 is 5.05. The van der Waals surface area contributed by atoms with E-state index >= 15 is 0 Å². The molecule has 2 nitrogen and oxygen atoms in total. The first kappa shape index (κ1) is 7.73. The van der Waals surface area contributed by atoms with Gasteiger partial charge in [-0.1, -0.05) is 12.8 Å². The highest BCUT2D eigenvalue weighted by atomic mass is 16.6. The molecule has 0 aromatic rings. The summed E-state index contributed by atoms with van der Waals surface area (Å²) in [6.45, 7) is 0.966. The fourth-order valence-corrected chi connectivity index (χ4v) is 1.01. The standard InChI is InChI=1S/C8H14O2/c9-6-4-2-1-3-5-8-7-10-8/h6,8H,1-5,7H2. The summed E-state index contributed by atoms with van der Waals surface area (Å²) in [5, 5.41) is 0. The maximum atomic E-state index is 9.89. The van der Waals surface area contributed by atoms with Gasteiger partial charge in [0.2, 0.25) is 0 Å². The lowest BCUT2D eigenvalue weighted by Crippen LogP contribution is -1.85.